The van der Waals surface area contributed by atoms with Gasteiger partial charge in [-0.3, -0.25) is 14.6 Å². The van der Waals surface area contributed by atoms with Crippen molar-refractivity contribution in [3.8, 4) is 0 Å². The van der Waals surface area contributed by atoms with Crippen LogP contribution in [0.3, 0.4) is 0 Å². The molecule has 2 bridgehead atoms. The second-order valence-corrected chi connectivity index (χ2v) is 6.22. The Bertz CT molecular complexity index is 602. The van der Waals surface area contributed by atoms with E-state index in [1.165, 1.54) is 12.4 Å². The number of rotatable bonds is 3. The molecule has 0 saturated carbocycles. The van der Waals surface area contributed by atoms with Gasteiger partial charge < -0.3 is 9.80 Å². The molecule has 2 atom stereocenters. The third kappa shape index (κ3) is 3.41. The summed E-state index contributed by atoms with van der Waals surface area (Å²) in [7, 11) is 0. The lowest BCUT2D eigenvalue weighted by atomic mass is 9.94. The fraction of sp³-hybridized carbons (Fsp3) is 0.529. The van der Waals surface area contributed by atoms with Crippen LogP contribution in [0.2, 0.25) is 0 Å². The molecule has 1 aromatic heterocycles. The average molecular weight is 314 g/mol. The van der Waals surface area contributed by atoms with Crippen molar-refractivity contribution in [2.24, 2.45) is 5.92 Å². The highest BCUT2D eigenvalue weighted by Crippen LogP contribution is 2.29. The van der Waals surface area contributed by atoms with E-state index in [2.05, 4.69) is 9.97 Å². The Kier molecular flexibility index (Phi) is 4.69. The lowest BCUT2D eigenvalue weighted by molar-refractivity contribution is -0.134. The summed E-state index contributed by atoms with van der Waals surface area (Å²) in [6.07, 6.45) is 10.9. The van der Waals surface area contributed by atoms with Gasteiger partial charge in [0.05, 0.1) is 6.20 Å². The van der Waals surface area contributed by atoms with Gasteiger partial charge in [-0.05, 0) is 25.7 Å². The Morgan fingerprint density at radius 1 is 1.26 bits per heavy atom. The Hall–Kier alpha value is -2.24. The molecule has 4 heterocycles. The van der Waals surface area contributed by atoms with Gasteiger partial charge in [0.1, 0.15) is 5.69 Å². The Morgan fingerprint density at radius 2 is 2.13 bits per heavy atom. The fourth-order valence-corrected chi connectivity index (χ4v) is 3.46. The van der Waals surface area contributed by atoms with Crippen LogP contribution >= 0.6 is 0 Å². The van der Waals surface area contributed by atoms with E-state index in [9.17, 15) is 9.59 Å². The molecule has 0 aliphatic carbocycles. The third-order valence-electron chi connectivity index (χ3n) is 4.63. The van der Waals surface area contributed by atoms with E-state index in [1.54, 1.807) is 6.20 Å². The quantitative estimate of drug-likeness (QED) is 0.793. The van der Waals surface area contributed by atoms with Crippen LogP contribution in [0.5, 0.6) is 0 Å². The summed E-state index contributed by atoms with van der Waals surface area (Å²) in [5, 5.41) is 0. The van der Waals surface area contributed by atoms with Crippen LogP contribution in [0.25, 0.3) is 0 Å². The zero-order valence-corrected chi connectivity index (χ0v) is 13.4. The molecule has 3 fully saturated rings. The summed E-state index contributed by atoms with van der Waals surface area (Å²) >= 11 is 0. The molecule has 0 unspecified atom stereocenters. The monoisotopic (exact) mass is 314 g/mol. The van der Waals surface area contributed by atoms with E-state index in [1.807, 2.05) is 28.9 Å². The van der Waals surface area contributed by atoms with Crippen LogP contribution in [-0.2, 0) is 4.79 Å². The average Bonchev–Trinajstić information content (AvgIpc) is 2.91. The van der Waals surface area contributed by atoms with Crippen LogP contribution < -0.4 is 0 Å². The van der Waals surface area contributed by atoms with E-state index in [0.29, 0.717) is 31.1 Å². The van der Waals surface area contributed by atoms with Crippen molar-refractivity contribution in [2.75, 3.05) is 19.6 Å². The van der Waals surface area contributed by atoms with Gasteiger partial charge in [-0.2, -0.15) is 0 Å². The minimum atomic E-state index is -0.0854. The normalized spacial score (nSPS) is 24.0. The number of hydrogen-bond donors (Lipinski definition) is 0. The van der Waals surface area contributed by atoms with Gasteiger partial charge in [-0.15, -0.1) is 0 Å². The fourth-order valence-electron chi connectivity index (χ4n) is 3.46. The Balaban J connectivity index is 1.73. The number of carbonyl (C=O) groups excluding carboxylic acids is 2. The second-order valence-electron chi connectivity index (χ2n) is 6.22. The predicted molar refractivity (Wildman–Crippen MR) is 85.6 cm³/mol. The summed E-state index contributed by atoms with van der Waals surface area (Å²) in [6, 6.07) is 0.118. The van der Waals surface area contributed by atoms with Crippen LogP contribution in [0.1, 0.15) is 36.7 Å². The topological polar surface area (TPSA) is 66.4 Å². The number of hydrogen-bond acceptors (Lipinski definition) is 4. The summed E-state index contributed by atoms with van der Waals surface area (Å²) in [6.45, 7) is 3.96. The number of aromatic nitrogens is 2. The zero-order chi connectivity index (χ0) is 16.2. The van der Waals surface area contributed by atoms with E-state index < -0.39 is 0 Å². The van der Waals surface area contributed by atoms with Crippen LogP contribution in [0.15, 0.2) is 30.7 Å². The molecule has 3 saturated heterocycles. The smallest absolute Gasteiger partial charge is 0.274 e. The van der Waals surface area contributed by atoms with Crippen LogP contribution in [-0.4, -0.2) is 57.3 Å². The van der Waals surface area contributed by atoms with E-state index >= 15 is 0 Å². The molecular weight excluding hydrogens is 292 g/mol. The number of nitrogens with zero attached hydrogens (tertiary/aromatic N) is 4. The highest BCUT2D eigenvalue weighted by atomic mass is 16.2. The first-order valence-corrected chi connectivity index (χ1v) is 8.15. The first-order valence-electron chi connectivity index (χ1n) is 8.15. The molecular formula is C17H22N4O2. The lowest BCUT2D eigenvalue weighted by Gasteiger charge is -2.36. The Morgan fingerprint density at radius 3 is 2.87 bits per heavy atom. The van der Waals surface area contributed by atoms with Crippen LogP contribution in [0.4, 0.5) is 0 Å². The van der Waals surface area contributed by atoms with Gasteiger partial charge in [0.25, 0.3) is 5.91 Å². The molecule has 0 aromatic carbocycles. The molecule has 1 aromatic rings. The molecule has 4 rings (SSSR count). The molecule has 0 radical (unpaired) electrons. The molecule has 2 amide bonds. The molecule has 6 nitrogen and oxygen atoms in total. The number of allylic oxidation sites excluding steroid dienone is 1. The van der Waals surface area contributed by atoms with E-state index in [0.717, 1.165) is 19.4 Å². The van der Waals surface area contributed by atoms with Crippen molar-refractivity contribution >= 4 is 11.8 Å². The van der Waals surface area contributed by atoms with Crippen molar-refractivity contribution in [1.29, 1.82) is 0 Å². The van der Waals surface area contributed by atoms with Crippen molar-refractivity contribution < 1.29 is 9.59 Å². The second kappa shape index (κ2) is 6.89. The van der Waals surface area contributed by atoms with Gasteiger partial charge in [0.2, 0.25) is 5.91 Å². The summed E-state index contributed by atoms with van der Waals surface area (Å²) in [5.41, 5.74) is 0.376. The van der Waals surface area contributed by atoms with Crippen molar-refractivity contribution in [3.05, 3.63) is 36.4 Å². The van der Waals surface area contributed by atoms with Gasteiger partial charge in [0, 0.05) is 44.5 Å². The van der Waals surface area contributed by atoms with Gasteiger partial charge in [-0.1, -0.05) is 12.2 Å². The standard InChI is InChI=1S/C17H22N4O2/c1-2-3-4-16(22)21-11-13-5-6-14(21)12-20(10-13)17(23)15-9-18-7-8-19-15/h2-3,7-9,13-14H,4-6,10-12H2,1H3/t13-,14+/m0/s1. The number of piperidine rings is 1. The number of carbonyl (C=O) groups is 2. The van der Waals surface area contributed by atoms with Gasteiger partial charge >= 0.3 is 0 Å². The van der Waals surface area contributed by atoms with Crippen molar-refractivity contribution in [2.45, 2.75) is 32.2 Å². The van der Waals surface area contributed by atoms with Crippen molar-refractivity contribution in [1.82, 2.24) is 19.8 Å². The molecule has 0 N–H and O–H groups in total. The molecule has 0 spiro atoms. The van der Waals surface area contributed by atoms with Crippen LogP contribution in [0, 0.1) is 5.92 Å². The zero-order valence-electron chi connectivity index (χ0n) is 13.4. The van der Waals surface area contributed by atoms with E-state index in [-0.39, 0.29) is 17.9 Å². The van der Waals surface area contributed by atoms with Crippen molar-refractivity contribution in [3.63, 3.8) is 0 Å². The first kappa shape index (κ1) is 15.6. The molecule has 23 heavy (non-hydrogen) atoms. The maximum atomic E-state index is 12.6. The largest absolute Gasteiger partial charge is 0.337 e. The SMILES string of the molecule is CC=CCC(=O)N1C[C@H]2CC[C@@H]1CN(C(=O)c1cnccn1)C2. The highest BCUT2D eigenvalue weighted by molar-refractivity contribution is 5.92. The third-order valence-corrected chi connectivity index (χ3v) is 4.63. The molecule has 3 aliphatic rings. The summed E-state index contributed by atoms with van der Waals surface area (Å²) in [4.78, 5) is 36.9. The predicted octanol–water partition coefficient (Wildman–Crippen LogP) is 1.51. The van der Waals surface area contributed by atoms with Gasteiger partial charge in [-0.25, -0.2) is 4.98 Å². The minimum Gasteiger partial charge on any atom is -0.337 e. The summed E-state index contributed by atoms with van der Waals surface area (Å²) < 4.78 is 0. The maximum Gasteiger partial charge on any atom is 0.274 e. The Labute approximate surface area is 136 Å². The minimum absolute atomic E-state index is 0.0854. The lowest BCUT2D eigenvalue weighted by Crippen LogP contribution is -2.47. The molecule has 3 aliphatic heterocycles. The van der Waals surface area contributed by atoms with Gasteiger partial charge in [0.15, 0.2) is 0 Å². The van der Waals surface area contributed by atoms with E-state index in [4.69, 9.17) is 0 Å². The molecule has 6 heteroatoms. The number of amides is 2. The molecule has 122 valence electrons. The first-order chi connectivity index (χ1) is 11.2. The summed E-state index contributed by atoms with van der Waals surface area (Å²) in [5.74, 6) is 0.424. The highest BCUT2D eigenvalue weighted by Gasteiger charge is 2.38. The maximum absolute atomic E-state index is 12.6. The number of fused-ring (bicyclic) bond motifs is 4.